The number of carbonyl (C=O) groups is 5. The van der Waals surface area contributed by atoms with Crippen LogP contribution in [0.2, 0.25) is 0 Å². The van der Waals surface area contributed by atoms with Crippen molar-refractivity contribution in [3.8, 4) is 11.5 Å². The highest BCUT2D eigenvalue weighted by Crippen LogP contribution is 2.33. The summed E-state index contributed by atoms with van der Waals surface area (Å²) in [4.78, 5) is 73.2. The summed E-state index contributed by atoms with van der Waals surface area (Å²) in [5, 5.41) is 16.4. The molecule has 70 heavy (non-hydrogen) atoms. The lowest BCUT2D eigenvalue weighted by atomic mass is 10.1. The first kappa shape index (κ1) is 54.6. The summed E-state index contributed by atoms with van der Waals surface area (Å²) < 4.78 is 22.4. The van der Waals surface area contributed by atoms with Gasteiger partial charge >= 0.3 is 6.09 Å². The third kappa shape index (κ3) is 15.5. The van der Waals surface area contributed by atoms with E-state index in [1.807, 2.05) is 70.4 Å². The van der Waals surface area contributed by atoms with Gasteiger partial charge in [0.1, 0.15) is 40.4 Å². The quantitative estimate of drug-likeness (QED) is 0.0204. The molecule has 0 saturated carbocycles. The molecule has 0 unspecified atom stereocenters. The van der Waals surface area contributed by atoms with Gasteiger partial charge in [0.25, 0.3) is 5.91 Å². The van der Waals surface area contributed by atoms with Crippen LogP contribution in [0, 0.1) is 6.92 Å². The van der Waals surface area contributed by atoms with Crippen LogP contribution in [0.3, 0.4) is 0 Å². The molecular formula is C48H66N14O8. The number of rotatable bonds is 23. The summed E-state index contributed by atoms with van der Waals surface area (Å²) in [5.74, 6) is -0.176. The molecule has 0 atom stereocenters. The number of aromatic nitrogens is 6. The molecule has 376 valence electrons. The molecule has 0 aliphatic heterocycles. The van der Waals surface area contributed by atoms with Crippen molar-refractivity contribution in [1.82, 2.24) is 39.5 Å². The zero-order chi connectivity index (χ0) is 51.5. The smallest absolute Gasteiger partial charge is 0.407 e. The number of aliphatic imine (C=N–C) groups is 1. The van der Waals surface area contributed by atoms with Crippen molar-refractivity contribution in [1.29, 1.82) is 0 Å². The number of anilines is 2. The number of ether oxygens (including phenoxy) is 3. The Morgan fingerprint density at radius 2 is 1.46 bits per heavy atom. The van der Waals surface area contributed by atoms with Gasteiger partial charge in [-0.1, -0.05) is 24.3 Å². The summed E-state index contributed by atoms with van der Waals surface area (Å²) in [6.45, 7) is 16.4. The number of fused-ring (bicyclic) bond motifs is 2. The molecule has 0 radical (unpaired) electrons. The Morgan fingerprint density at radius 3 is 2.01 bits per heavy atom. The van der Waals surface area contributed by atoms with Crippen molar-refractivity contribution in [3.05, 3.63) is 88.9 Å². The number of hydrogen-bond donors (Lipinski definition) is 7. The fourth-order valence-electron chi connectivity index (χ4n) is 6.87. The maximum Gasteiger partial charge on any atom is 0.407 e. The Balaban J connectivity index is 0.000000956. The first-order valence-corrected chi connectivity index (χ1v) is 22.6. The van der Waals surface area contributed by atoms with Crippen molar-refractivity contribution >= 4 is 69.8 Å². The highest BCUT2D eigenvalue weighted by Gasteiger charge is 2.22. The van der Waals surface area contributed by atoms with E-state index in [1.165, 1.54) is 13.2 Å². The fourth-order valence-corrected chi connectivity index (χ4v) is 6.87. The molecule has 0 fully saturated rings. The number of imidazole rings is 2. The van der Waals surface area contributed by atoms with Crippen LogP contribution in [0.4, 0.5) is 16.7 Å². The van der Waals surface area contributed by atoms with E-state index < -0.39 is 29.4 Å². The number of methoxy groups -OCH3 is 1. The third-order valence-electron chi connectivity index (χ3n) is 9.83. The number of nitrogens with two attached hydrogens (primary N) is 3. The maximum atomic E-state index is 13.5. The topological polar surface area (TPSA) is 305 Å². The number of primary amides is 2. The molecule has 0 saturated heterocycles. The van der Waals surface area contributed by atoms with Gasteiger partial charge in [0, 0.05) is 63.1 Å². The number of nitrogens with zero attached hydrogens (tertiary/aromatic N) is 7. The normalized spacial score (nSPS) is 12.0. The number of aldehydes is 1. The van der Waals surface area contributed by atoms with Gasteiger partial charge in [-0.05, 0) is 97.8 Å². The molecule has 5 rings (SSSR count). The molecule has 0 bridgehead atoms. The Labute approximate surface area is 406 Å². The van der Waals surface area contributed by atoms with Gasteiger partial charge in [-0.15, -0.1) is 0 Å². The highest BCUT2D eigenvalue weighted by atomic mass is 16.6. The number of allylic oxidation sites excluding steroid dienone is 4. The van der Waals surface area contributed by atoms with Gasteiger partial charge in [0.15, 0.2) is 6.29 Å². The van der Waals surface area contributed by atoms with Crippen molar-refractivity contribution in [2.24, 2.45) is 22.2 Å². The molecule has 2 aromatic carbocycles. The number of amides is 4. The molecule has 4 amide bonds. The fraction of sp³-hybridized carbons (Fsp3) is 0.396. The largest absolute Gasteiger partial charge is 0.494 e. The molecule has 10 N–H and O–H groups in total. The number of alkyl carbamates (subject to hydrolysis) is 1. The maximum absolute atomic E-state index is 13.5. The molecule has 22 nitrogen and oxygen atoms in total. The predicted octanol–water partition coefficient (Wildman–Crippen LogP) is 4.62. The monoisotopic (exact) mass is 967 g/mol. The number of hydrogen-bond acceptors (Lipinski definition) is 15. The molecule has 0 aliphatic rings. The molecule has 5 aromatic rings. The number of nitrogens with one attached hydrogen (secondary N) is 4. The van der Waals surface area contributed by atoms with Crippen molar-refractivity contribution < 1.29 is 38.2 Å². The average molecular weight is 967 g/mol. The van der Waals surface area contributed by atoms with E-state index >= 15 is 0 Å². The Bertz CT molecular complexity index is 2770. The van der Waals surface area contributed by atoms with Gasteiger partial charge in [-0.3, -0.25) is 34.2 Å². The van der Waals surface area contributed by atoms with Crippen LogP contribution in [0.15, 0.2) is 71.4 Å². The summed E-state index contributed by atoms with van der Waals surface area (Å²) in [6.07, 6.45) is 10.1. The van der Waals surface area contributed by atoms with Crippen LogP contribution in [-0.4, -0.2) is 117 Å². The van der Waals surface area contributed by atoms with E-state index in [4.69, 9.17) is 36.4 Å². The second-order valence-corrected chi connectivity index (χ2v) is 16.5. The predicted molar refractivity (Wildman–Crippen MR) is 271 cm³/mol. The minimum atomic E-state index is -0.650. The SMILES string of the molecule is CCN=C(C=O)/C=C(/C)N.CCn1nc(C)cc1C(=O)Nc1nc2cc(C(N)=O)cc(OC)c2n1C/C=C/Cn1c(NC)nc2cc(C(N)=O)cc(OC/C=C/CNCCCNC(=O)OC(C)(C)C)c21. The van der Waals surface area contributed by atoms with Gasteiger partial charge in [-0.25, -0.2) is 14.8 Å². The Morgan fingerprint density at radius 1 is 0.843 bits per heavy atom. The van der Waals surface area contributed by atoms with Crippen molar-refractivity contribution in [2.75, 3.05) is 57.6 Å². The summed E-state index contributed by atoms with van der Waals surface area (Å²) in [6, 6.07) is 8.00. The summed E-state index contributed by atoms with van der Waals surface area (Å²) in [7, 11) is 3.22. The molecule has 22 heteroatoms. The van der Waals surface area contributed by atoms with Crippen molar-refractivity contribution in [3.63, 3.8) is 0 Å². The Kier molecular flexibility index (Phi) is 20.2. The lowest BCUT2D eigenvalue weighted by Gasteiger charge is -2.19. The average Bonchev–Trinajstić information content (AvgIpc) is 3.99. The lowest BCUT2D eigenvalue weighted by molar-refractivity contribution is -0.102. The van der Waals surface area contributed by atoms with Crippen LogP contribution < -0.4 is 47.9 Å². The lowest BCUT2D eigenvalue weighted by Crippen LogP contribution is -2.33. The van der Waals surface area contributed by atoms with Gasteiger partial charge < -0.3 is 56.5 Å². The summed E-state index contributed by atoms with van der Waals surface area (Å²) >= 11 is 0. The Hall–Kier alpha value is -8.01. The molecule has 0 aliphatic carbocycles. The van der Waals surface area contributed by atoms with Crippen LogP contribution in [0.1, 0.15) is 84.9 Å². The van der Waals surface area contributed by atoms with Gasteiger partial charge in [0.2, 0.25) is 23.7 Å². The van der Waals surface area contributed by atoms with E-state index in [1.54, 1.807) is 53.6 Å². The zero-order valence-corrected chi connectivity index (χ0v) is 41.3. The van der Waals surface area contributed by atoms with E-state index in [-0.39, 0.29) is 30.2 Å². The van der Waals surface area contributed by atoms with Gasteiger partial charge in [0.05, 0.1) is 29.5 Å². The second kappa shape index (κ2) is 25.9. The molecular weight excluding hydrogens is 901 g/mol. The van der Waals surface area contributed by atoms with Gasteiger partial charge in [-0.2, -0.15) is 5.10 Å². The first-order valence-electron chi connectivity index (χ1n) is 22.6. The van der Waals surface area contributed by atoms with Crippen LogP contribution >= 0.6 is 0 Å². The minimum Gasteiger partial charge on any atom is -0.494 e. The standard InChI is InChI=1S/C41H54N12O7.C7H12N2O/c1-8-53-30(20-25(2)50-53)37(56)49-39-48-28-21-26(35(42)54)23-31(58-7)33(28)52(39)18-11-10-17-51-34-29(47-38(51)44-6)22-27(36(43)55)24-32(34)59-19-12-9-14-45-15-13-16-46-40(57)60-41(3,4)5;1-3-9-7(5-10)4-6(2)8/h9-12,20-24,45H,8,13-19H2,1-7H3,(H2,42,54)(H2,43,55)(H,44,47)(H,46,57)(H,48,49,56);4-5H,3,8H2,1-2H3/b11-10+,12-9+;6-4-,9-7?. The molecule has 3 aromatic heterocycles. The number of benzene rings is 2. The number of aryl methyl sites for hydroxylation is 2. The zero-order valence-electron chi connectivity index (χ0n) is 41.3. The van der Waals surface area contributed by atoms with E-state index in [0.717, 1.165) is 6.42 Å². The van der Waals surface area contributed by atoms with E-state index in [0.29, 0.717) is 108 Å². The number of carbonyl (C=O) groups excluding carboxylic acids is 5. The first-order chi connectivity index (χ1) is 33.3. The van der Waals surface area contributed by atoms with Crippen molar-refractivity contribution in [2.45, 2.75) is 80.1 Å². The van der Waals surface area contributed by atoms with E-state index in [9.17, 15) is 24.0 Å². The molecule has 0 spiro atoms. The third-order valence-corrected chi connectivity index (χ3v) is 9.83. The van der Waals surface area contributed by atoms with E-state index in [2.05, 4.69) is 36.3 Å². The second-order valence-electron chi connectivity index (χ2n) is 16.5. The van der Waals surface area contributed by atoms with Crippen LogP contribution in [0.5, 0.6) is 11.5 Å². The minimum absolute atomic E-state index is 0.204. The van der Waals surface area contributed by atoms with Crippen LogP contribution in [0.25, 0.3) is 22.1 Å². The summed E-state index contributed by atoms with van der Waals surface area (Å²) in [5.41, 5.74) is 20.7. The molecule has 3 heterocycles. The van der Waals surface area contributed by atoms with Crippen LogP contribution in [-0.2, 0) is 29.2 Å². The highest BCUT2D eigenvalue weighted by molar-refractivity contribution is 6.33.